The van der Waals surface area contributed by atoms with Crippen molar-refractivity contribution in [3.63, 3.8) is 0 Å². The van der Waals surface area contributed by atoms with E-state index in [1.54, 1.807) is 17.1 Å². The summed E-state index contributed by atoms with van der Waals surface area (Å²) in [6.07, 6.45) is 6.74. The van der Waals surface area contributed by atoms with E-state index in [1.807, 2.05) is 36.5 Å². The Balaban J connectivity index is 2.17. The molecule has 0 atom stereocenters. The van der Waals surface area contributed by atoms with Gasteiger partial charge in [0.15, 0.2) is 0 Å². The molecule has 18 heavy (non-hydrogen) atoms. The van der Waals surface area contributed by atoms with Gasteiger partial charge in [-0.05, 0) is 23.8 Å². The van der Waals surface area contributed by atoms with E-state index >= 15 is 0 Å². The Bertz CT molecular complexity index is 689. The number of pyridine rings is 1. The maximum atomic E-state index is 10.7. The summed E-state index contributed by atoms with van der Waals surface area (Å²) in [7, 11) is 0. The summed E-state index contributed by atoms with van der Waals surface area (Å²) in [6.45, 7) is 0. The normalized spacial score (nSPS) is 10.7. The first-order chi connectivity index (χ1) is 8.88. The maximum Gasteiger partial charge on any atom is 0.124 e. The Morgan fingerprint density at radius 3 is 2.94 bits per heavy atom. The SMILES string of the molecule is O=CCc1cccc2nn(-c3cccnc3)cc12. The van der Waals surface area contributed by atoms with Crippen molar-refractivity contribution >= 4 is 17.2 Å². The van der Waals surface area contributed by atoms with Crippen LogP contribution in [0.15, 0.2) is 48.9 Å². The highest BCUT2D eigenvalue weighted by Gasteiger charge is 2.06. The van der Waals surface area contributed by atoms with Crippen LogP contribution in [0, 0.1) is 0 Å². The van der Waals surface area contributed by atoms with Crippen molar-refractivity contribution in [2.75, 3.05) is 0 Å². The van der Waals surface area contributed by atoms with Crippen LogP contribution in [-0.2, 0) is 11.2 Å². The van der Waals surface area contributed by atoms with Crippen molar-refractivity contribution in [3.05, 3.63) is 54.5 Å². The predicted octanol–water partition coefficient (Wildman–Crippen LogP) is 2.16. The zero-order chi connectivity index (χ0) is 12.4. The van der Waals surface area contributed by atoms with Crippen molar-refractivity contribution in [1.82, 2.24) is 14.8 Å². The van der Waals surface area contributed by atoms with Gasteiger partial charge in [-0.1, -0.05) is 12.1 Å². The molecule has 2 heterocycles. The number of fused-ring (bicyclic) bond motifs is 1. The number of nitrogens with zero attached hydrogens (tertiary/aromatic N) is 3. The van der Waals surface area contributed by atoms with Gasteiger partial charge in [0.1, 0.15) is 6.29 Å². The summed E-state index contributed by atoms with van der Waals surface area (Å²) in [6, 6.07) is 9.62. The van der Waals surface area contributed by atoms with Crippen LogP contribution < -0.4 is 0 Å². The molecule has 88 valence electrons. The minimum atomic E-state index is 0.413. The van der Waals surface area contributed by atoms with Crippen molar-refractivity contribution in [2.45, 2.75) is 6.42 Å². The monoisotopic (exact) mass is 237 g/mol. The zero-order valence-electron chi connectivity index (χ0n) is 9.65. The molecular weight excluding hydrogens is 226 g/mol. The lowest BCUT2D eigenvalue weighted by atomic mass is 10.1. The molecule has 3 aromatic rings. The van der Waals surface area contributed by atoms with Gasteiger partial charge in [0.2, 0.25) is 0 Å². The first-order valence-electron chi connectivity index (χ1n) is 5.70. The van der Waals surface area contributed by atoms with Gasteiger partial charge in [-0.2, -0.15) is 5.10 Å². The summed E-state index contributed by atoms with van der Waals surface area (Å²) in [5, 5.41) is 5.49. The van der Waals surface area contributed by atoms with E-state index in [-0.39, 0.29) is 0 Å². The Hall–Kier alpha value is -2.49. The van der Waals surface area contributed by atoms with Gasteiger partial charge in [0.25, 0.3) is 0 Å². The van der Waals surface area contributed by atoms with Gasteiger partial charge >= 0.3 is 0 Å². The lowest BCUT2D eigenvalue weighted by Crippen LogP contribution is -1.93. The third-order valence-electron chi connectivity index (χ3n) is 2.85. The van der Waals surface area contributed by atoms with E-state index in [9.17, 15) is 4.79 Å². The lowest BCUT2D eigenvalue weighted by Gasteiger charge is -1.97. The van der Waals surface area contributed by atoms with Gasteiger partial charge in [-0.15, -0.1) is 0 Å². The molecule has 0 bridgehead atoms. The molecule has 0 saturated heterocycles. The highest BCUT2D eigenvalue weighted by Crippen LogP contribution is 2.19. The molecule has 0 radical (unpaired) electrons. The van der Waals surface area contributed by atoms with E-state index < -0.39 is 0 Å². The summed E-state index contributed by atoms with van der Waals surface area (Å²) in [5.41, 5.74) is 2.79. The van der Waals surface area contributed by atoms with Crippen LogP contribution in [0.5, 0.6) is 0 Å². The van der Waals surface area contributed by atoms with Crippen molar-refractivity contribution in [3.8, 4) is 5.69 Å². The standard InChI is InChI=1S/C14H11N3O/c18-8-6-11-3-1-5-14-13(11)10-17(16-14)12-4-2-7-15-9-12/h1-5,7-10H,6H2. The van der Waals surface area contributed by atoms with Gasteiger partial charge in [0.05, 0.1) is 17.4 Å². The number of hydrogen-bond donors (Lipinski definition) is 0. The fraction of sp³-hybridized carbons (Fsp3) is 0.0714. The van der Waals surface area contributed by atoms with Crippen LogP contribution in [0.1, 0.15) is 5.56 Å². The zero-order valence-corrected chi connectivity index (χ0v) is 9.65. The molecule has 4 nitrogen and oxygen atoms in total. The smallest absolute Gasteiger partial charge is 0.124 e. The largest absolute Gasteiger partial charge is 0.303 e. The minimum Gasteiger partial charge on any atom is -0.303 e. The quantitative estimate of drug-likeness (QED) is 0.656. The van der Waals surface area contributed by atoms with E-state index in [1.165, 1.54) is 0 Å². The molecule has 1 aromatic carbocycles. The second-order valence-corrected chi connectivity index (χ2v) is 4.01. The van der Waals surface area contributed by atoms with Crippen molar-refractivity contribution < 1.29 is 4.79 Å². The van der Waals surface area contributed by atoms with Crippen LogP contribution in [0.25, 0.3) is 16.6 Å². The Kier molecular flexibility index (Phi) is 2.61. The fourth-order valence-electron chi connectivity index (χ4n) is 1.99. The van der Waals surface area contributed by atoms with Crippen LogP contribution in [0.2, 0.25) is 0 Å². The summed E-state index contributed by atoms with van der Waals surface area (Å²) in [5.74, 6) is 0. The molecule has 4 heteroatoms. The first kappa shape index (κ1) is 10.7. The first-order valence-corrected chi connectivity index (χ1v) is 5.70. The molecular formula is C14H11N3O. The van der Waals surface area contributed by atoms with E-state index in [4.69, 9.17) is 0 Å². The molecule has 0 aliphatic heterocycles. The molecule has 0 aliphatic carbocycles. The maximum absolute atomic E-state index is 10.7. The second kappa shape index (κ2) is 4.41. The summed E-state index contributed by atoms with van der Waals surface area (Å²) in [4.78, 5) is 14.7. The molecule has 0 unspecified atom stereocenters. The highest BCUT2D eigenvalue weighted by molar-refractivity contribution is 5.84. The number of carbonyl (C=O) groups excluding carboxylic acids is 1. The molecule has 3 rings (SSSR count). The molecule has 0 amide bonds. The van der Waals surface area contributed by atoms with Crippen LogP contribution >= 0.6 is 0 Å². The van der Waals surface area contributed by atoms with Crippen molar-refractivity contribution in [2.24, 2.45) is 0 Å². The number of rotatable bonds is 3. The predicted molar refractivity (Wildman–Crippen MR) is 68.6 cm³/mol. The topological polar surface area (TPSA) is 47.8 Å². The molecule has 0 fully saturated rings. The molecule has 0 spiro atoms. The van der Waals surface area contributed by atoms with Crippen molar-refractivity contribution in [1.29, 1.82) is 0 Å². The van der Waals surface area contributed by atoms with E-state index in [0.29, 0.717) is 6.42 Å². The fourth-order valence-corrected chi connectivity index (χ4v) is 1.99. The number of carbonyl (C=O) groups is 1. The van der Waals surface area contributed by atoms with Crippen LogP contribution in [-0.4, -0.2) is 21.1 Å². The summed E-state index contributed by atoms with van der Waals surface area (Å²) >= 11 is 0. The Morgan fingerprint density at radius 1 is 1.22 bits per heavy atom. The number of hydrogen-bond acceptors (Lipinski definition) is 3. The third kappa shape index (κ3) is 1.78. The highest BCUT2D eigenvalue weighted by atomic mass is 16.1. The molecule has 0 aliphatic rings. The number of benzene rings is 1. The van der Waals surface area contributed by atoms with E-state index in [0.717, 1.165) is 28.4 Å². The van der Waals surface area contributed by atoms with Crippen LogP contribution in [0.4, 0.5) is 0 Å². The van der Waals surface area contributed by atoms with Crippen LogP contribution in [0.3, 0.4) is 0 Å². The van der Waals surface area contributed by atoms with Gasteiger partial charge in [-0.25, -0.2) is 4.68 Å². The van der Waals surface area contributed by atoms with E-state index in [2.05, 4.69) is 10.1 Å². The minimum absolute atomic E-state index is 0.413. The van der Waals surface area contributed by atoms with Gasteiger partial charge in [-0.3, -0.25) is 4.98 Å². The second-order valence-electron chi connectivity index (χ2n) is 4.01. The number of aldehydes is 1. The molecule has 0 saturated carbocycles. The van der Waals surface area contributed by atoms with Gasteiger partial charge < -0.3 is 4.79 Å². The Labute approximate surface area is 104 Å². The van der Waals surface area contributed by atoms with Gasteiger partial charge in [0, 0.05) is 24.2 Å². The lowest BCUT2D eigenvalue weighted by molar-refractivity contribution is -0.107. The number of aromatic nitrogens is 3. The Morgan fingerprint density at radius 2 is 2.17 bits per heavy atom. The molecule has 2 aromatic heterocycles. The third-order valence-corrected chi connectivity index (χ3v) is 2.85. The average Bonchev–Trinajstić information content (AvgIpc) is 2.85. The average molecular weight is 237 g/mol. The summed E-state index contributed by atoms with van der Waals surface area (Å²) < 4.78 is 1.78. The molecule has 0 N–H and O–H groups in total.